The van der Waals surface area contributed by atoms with Gasteiger partial charge in [-0.25, -0.2) is 0 Å². The number of hydrogen-bond acceptors (Lipinski definition) is 2. The molecule has 0 fully saturated rings. The number of amides is 1. The molecule has 1 aromatic rings. The number of H-pyrrole nitrogens is 2. The van der Waals surface area contributed by atoms with Gasteiger partial charge in [-0.2, -0.15) is 0 Å². The number of aromatic nitrogens is 2. The molecule has 1 aromatic heterocycles. The molecule has 0 aliphatic carbocycles. The lowest BCUT2D eigenvalue weighted by Gasteiger charge is -2.25. The molecule has 0 atom stereocenters. The Bertz CT molecular complexity index is 412. The van der Waals surface area contributed by atoms with E-state index >= 15 is 0 Å². The van der Waals surface area contributed by atoms with Crippen molar-refractivity contribution in [2.75, 3.05) is 12.4 Å². The van der Waals surface area contributed by atoms with Gasteiger partial charge in [-0.05, 0) is 0 Å². The van der Waals surface area contributed by atoms with Gasteiger partial charge in [-0.1, -0.05) is 0 Å². The van der Waals surface area contributed by atoms with Crippen molar-refractivity contribution in [3.8, 4) is 0 Å². The molecule has 0 saturated carbocycles. The quantitative estimate of drug-likeness (QED) is 0.703. The normalized spacial score (nSPS) is 14.3. The zero-order valence-corrected chi connectivity index (χ0v) is 9.45. The van der Waals surface area contributed by atoms with Gasteiger partial charge in [-0.15, -0.1) is 24.0 Å². The number of carbonyl (C=O) groups excluding carboxylic acids is 1. The molecule has 5 nitrogen and oxygen atoms in total. The summed E-state index contributed by atoms with van der Waals surface area (Å²) in [5.74, 6) is -0.157. The van der Waals surface area contributed by atoms with Gasteiger partial charge >= 0.3 is 0 Å². The fourth-order valence-corrected chi connectivity index (χ4v) is 1.78. The van der Waals surface area contributed by atoms with E-state index in [-0.39, 0.29) is 29.8 Å². The summed E-state index contributed by atoms with van der Waals surface area (Å²) in [7, 11) is 0. The summed E-state index contributed by atoms with van der Waals surface area (Å²) < 4.78 is 0. The molecule has 0 unspecified atom stereocenters. The van der Waals surface area contributed by atoms with E-state index in [9.17, 15) is 9.59 Å². The Kier molecular flexibility index (Phi) is 3.82. The van der Waals surface area contributed by atoms with Crippen LogP contribution in [0.5, 0.6) is 0 Å². The highest BCUT2D eigenvalue weighted by molar-refractivity contribution is 6.27. The minimum Gasteiger partial charge on any atom is -0.337 e. The molecule has 0 bridgehead atoms. The molecule has 0 radical (unpaired) electrons. The van der Waals surface area contributed by atoms with Crippen LogP contribution in [0.3, 0.4) is 0 Å². The lowest BCUT2D eigenvalue weighted by atomic mass is 10.1. The van der Waals surface area contributed by atoms with Gasteiger partial charge in [0.2, 0.25) is 5.91 Å². The third kappa shape index (κ3) is 2.18. The lowest BCUT2D eigenvalue weighted by Crippen LogP contribution is -2.38. The molecule has 2 N–H and O–H groups in total. The molecule has 1 amide bonds. The van der Waals surface area contributed by atoms with Crippen molar-refractivity contribution in [3.63, 3.8) is 0 Å². The van der Waals surface area contributed by atoms with Crippen LogP contribution >= 0.6 is 24.0 Å². The van der Waals surface area contributed by atoms with Crippen LogP contribution in [0.15, 0.2) is 4.79 Å². The monoisotopic (exact) mass is 251 g/mol. The van der Waals surface area contributed by atoms with Crippen LogP contribution in [0.25, 0.3) is 0 Å². The van der Waals surface area contributed by atoms with E-state index in [2.05, 4.69) is 10.2 Å². The highest BCUT2D eigenvalue weighted by Gasteiger charge is 2.23. The first-order valence-electron chi connectivity index (χ1n) is 4.34. The Balaban J connectivity index is 0.00000112. The van der Waals surface area contributed by atoms with Crippen molar-refractivity contribution in [1.82, 2.24) is 15.1 Å². The third-order valence-corrected chi connectivity index (χ3v) is 2.64. The molecular formula is C8H11Cl2N3O2. The predicted molar refractivity (Wildman–Crippen MR) is 58.5 cm³/mol. The molecular weight excluding hydrogens is 241 g/mol. The van der Waals surface area contributed by atoms with Crippen molar-refractivity contribution in [2.45, 2.75) is 13.0 Å². The number of halogens is 2. The second-order valence-corrected chi connectivity index (χ2v) is 3.50. The topological polar surface area (TPSA) is 69.0 Å². The Morgan fingerprint density at radius 2 is 2.20 bits per heavy atom. The molecule has 1 aliphatic heterocycles. The number of alkyl halides is 1. The number of fused-ring (bicyclic) bond motifs is 1. The first-order chi connectivity index (χ1) is 6.72. The van der Waals surface area contributed by atoms with Crippen molar-refractivity contribution in [1.29, 1.82) is 0 Å². The van der Waals surface area contributed by atoms with Crippen molar-refractivity contribution >= 4 is 29.9 Å². The molecule has 2 heterocycles. The SMILES string of the molecule is Cl.O=C(CCl)N1CCc2[nH][nH]c(=O)c2C1. The van der Waals surface area contributed by atoms with Gasteiger partial charge in [0, 0.05) is 18.7 Å². The van der Waals surface area contributed by atoms with Crippen LogP contribution in [0, 0.1) is 0 Å². The molecule has 0 spiro atoms. The maximum absolute atomic E-state index is 11.3. The Hall–Kier alpha value is -0.940. The first kappa shape index (κ1) is 12.1. The lowest BCUT2D eigenvalue weighted by molar-refractivity contribution is -0.129. The van der Waals surface area contributed by atoms with E-state index in [1.807, 2.05) is 0 Å². The minimum absolute atomic E-state index is 0. The Labute approximate surface area is 97.2 Å². The van der Waals surface area contributed by atoms with Gasteiger partial charge in [0.15, 0.2) is 0 Å². The van der Waals surface area contributed by atoms with Crippen molar-refractivity contribution in [3.05, 3.63) is 21.6 Å². The zero-order chi connectivity index (χ0) is 10.1. The van der Waals surface area contributed by atoms with Crippen LogP contribution < -0.4 is 5.56 Å². The van der Waals surface area contributed by atoms with Crippen LogP contribution in [0.1, 0.15) is 11.3 Å². The van der Waals surface area contributed by atoms with Crippen LogP contribution in [0.2, 0.25) is 0 Å². The van der Waals surface area contributed by atoms with Gasteiger partial charge in [-0.3, -0.25) is 14.7 Å². The summed E-state index contributed by atoms with van der Waals surface area (Å²) in [4.78, 5) is 24.1. The number of nitrogens with zero attached hydrogens (tertiary/aromatic N) is 1. The number of aromatic amines is 2. The van der Waals surface area contributed by atoms with Crippen LogP contribution in [-0.2, 0) is 17.8 Å². The number of nitrogens with one attached hydrogen (secondary N) is 2. The fraction of sp³-hybridized carbons (Fsp3) is 0.500. The Morgan fingerprint density at radius 1 is 1.47 bits per heavy atom. The Morgan fingerprint density at radius 3 is 2.87 bits per heavy atom. The largest absolute Gasteiger partial charge is 0.337 e. The summed E-state index contributed by atoms with van der Waals surface area (Å²) >= 11 is 5.44. The average molecular weight is 252 g/mol. The summed E-state index contributed by atoms with van der Waals surface area (Å²) in [6.45, 7) is 0.978. The van der Waals surface area contributed by atoms with Gasteiger partial charge in [0.05, 0.1) is 12.1 Å². The molecule has 2 rings (SSSR count). The number of carbonyl (C=O) groups is 1. The summed E-state index contributed by atoms with van der Waals surface area (Å²) in [6.07, 6.45) is 0.677. The average Bonchev–Trinajstić information content (AvgIpc) is 2.59. The highest BCUT2D eigenvalue weighted by Crippen LogP contribution is 2.13. The second kappa shape index (κ2) is 4.72. The minimum atomic E-state index is -0.146. The van der Waals surface area contributed by atoms with Gasteiger partial charge in [0.25, 0.3) is 5.56 Å². The number of hydrogen-bond donors (Lipinski definition) is 2. The summed E-state index contributed by atoms with van der Waals surface area (Å²) in [6, 6.07) is 0. The molecule has 15 heavy (non-hydrogen) atoms. The molecule has 84 valence electrons. The van der Waals surface area contributed by atoms with Crippen molar-refractivity contribution < 1.29 is 4.79 Å². The highest BCUT2D eigenvalue weighted by atomic mass is 35.5. The van der Waals surface area contributed by atoms with E-state index < -0.39 is 0 Å². The van der Waals surface area contributed by atoms with E-state index in [1.165, 1.54) is 0 Å². The first-order valence-corrected chi connectivity index (χ1v) is 4.88. The van der Waals surface area contributed by atoms with Crippen LogP contribution in [0.4, 0.5) is 0 Å². The van der Waals surface area contributed by atoms with E-state index in [1.54, 1.807) is 4.90 Å². The molecule has 0 aromatic carbocycles. The molecule has 1 aliphatic rings. The summed E-state index contributed by atoms with van der Waals surface area (Å²) in [5.41, 5.74) is 1.40. The number of rotatable bonds is 1. The van der Waals surface area contributed by atoms with E-state index in [0.717, 1.165) is 5.69 Å². The fourth-order valence-electron chi connectivity index (χ4n) is 1.61. The zero-order valence-electron chi connectivity index (χ0n) is 7.88. The molecule has 7 heteroatoms. The summed E-state index contributed by atoms with van der Waals surface area (Å²) in [5, 5.41) is 5.30. The van der Waals surface area contributed by atoms with Gasteiger partial charge in [0.1, 0.15) is 5.88 Å². The van der Waals surface area contributed by atoms with Crippen molar-refractivity contribution in [2.24, 2.45) is 0 Å². The van der Waals surface area contributed by atoms with Gasteiger partial charge < -0.3 is 10.00 Å². The van der Waals surface area contributed by atoms with E-state index in [0.29, 0.717) is 25.1 Å². The molecule has 0 saturated heterocycles. The maximum atomic E-state index is 11.3. The third-order valence-electron chi connectivity index (χ3n) is 2.41. The predicted octanol–water partition coefficient (Wildman–Crippen LogP) is 0.248. The maximum Gasteiger partial charge on any atom is 0.269 e. The van der Waals surface area contributed by atoms with Crippen LogP contribution in [-0.4, -0.2) is 33.4 Å². The second-order valence-electron chi connectivity index (χ2n) is 3.24. The standard InChI is InChI=1S/C8H10ClN3O2.ClH/c9-3-7(13)12-2-1-6-5(4-12)8(14)11-10-6;/h1-4H2,(H2,10,11,14);1H. The smallest absolute Gasteiger partial charge is 0.269 e. The van der Waals surface area contributed by atoms with E-state index in [4.69, 9.17) is 11.6 Å².